The zero-order valence-electron chi connectivity index (χ0n) is 10.1. The van der Waals surface area contributed by atoms with E-state index in [1.165, 1.54) is 5.56 Å². The van der Waals surface area contributed by atoms with Crippen molar-refractivity contribution in [1.82, 2.24) is 9.55 Å². The predicted molar refractivity (Wildman–Crippen MR) is 74.8 cm³/mol. The Morgan fingerprint density at radius 3 is 3.00 bits per heavy atom. The fourth-order valence-corrected chi connectivity index (χ4v) is 2.08. The number of benzene rings is 1. The lowest BCUT2D eigenvalue weighted by Crippen LogP contribution is -2.07. The second-order valence-corrected chi connectivity index (χ2v) is 4.79. The molecular weight excluding hydrogens is 278 g/mol. The molecular formula is C13H16BrN3. The maximum Gasteiger partial charge on any atom is 0.207 e. The van der Waals surface area contributed by atoms with Crippen LogP contribution in [0.2, 0.25) is 0 Å². The third kappa shape index (κ3) is 2.52. The second-order valence-electron chi connectivity index (χ2n) is 3.93. The van der Waals surface area contributed by atoms with Gasteiger partial charge in [-0.2, -0.15) is 0 Å². The van der Waals surface area contributed by atoms with Crippen LogP contribution in [-0.2, 0) is 0 Å². The van der Waals surface area contributed by atoms with Crippen molar-refractivity contribution in [3.05, 3.63) is 40.6 Å². The summed E-state index contributed by atoms with van der Waals surface area (Å²) in [6.07, 6.45) is 4.88. The number of imidazole rings is 1. The first-order valence-corrected chi connectivity index (χ1v) is 6.56. The van der Waals surface area contributed by atoms with E-state index in [-0.39, 0.29) is 0 Å². The van der Waals surface area contributed by atoms with Gasteiger partial charge in [0.25, 0.3) is 0 Å². The lowest BCUT2D eigenvalue weighted by atomic mass is 10.2. The minimum absolute atomic E-state index is 0.896. The van der Waals surface area contributed by atoms with Gasteiger partial charge in [-0.05, 0) is 31.0 Å². The van der Waals surface area contributed by atoms with E-state index in [2.05, 4.69) is 56.8 Å². The van der Waals surface area contributed by atoms with Crippen LogP contribution < -0.4 is 5.32 Å². The van der Waals surface area contributed by atoms with Crippen LogP contribution in [0.25, 0.3) is 5.69 Å². The van der Waals surface area contributed by atoms with Crippen LogP contribution in [0.4, 0.5) is 5.95 Å². The summed E-state index contributed by atoms with van der Waals surface area (Å²) in [5.41, 5.74) is 2.36. The summed E-state index contributed by atoms with van der Waals surface area (Å²) >= 11 is 3.55. The number of hydrogen-bond acceptors (Lipinski definition) is 2. The molecule has 90 valence electrons. The summed E-state index contributed by atoms with van der Waals surface area (Å²) in [7, 11) is 0. The average molecular weight is 294 g/mol. The van der Waals surface area contributed by atoms with Gasteiger partial charge < -0.3 is 5.32 Å². The zero-order chi connectivity index (χ0) is 12.3. The van der Waals surface area contributed by atoms with Gasteiger partial charge in [0.2, 0.25) is 5.95 Å². The van der Waals surface area contributed by atoms with E-state index in [1.807, 2.05) is 18.5 Å². The highest BCUT2D eigenvalue weighted by Crippen LogP contribution is 2.24. The van der Waals surface area contributed by atoms with Crippen molar-refractivity contribution >= 4 is 21.9 Å². The molecule has 3 nitrogen and oxygen atoms in total. The predicted octanol–water partition coefficient (Wildman–Crippen LogP) is 3.77. The Hall–Kier alpha value is -1.29. The molecule has 0 aliphatic carbocycles. The van der Waals surface area contributed by atoms with Crippen LogP contribution in [0, 0.1) is 6.92 Å². The monoisotopic (exact) mass is 293 g/mol. The molecule has 0 atom stereocenters. The number of halogens is 1. The number of anilines is 1. The van der Waals surface area contributed by atoms with Gasteiger partial charge in [0, 0.05) is 23.4 Å². The van der Waals surface area contributed by atoms with E-state index < -0.39 is 0 Å². The molecule has 0 unspecified atom stereocenters. The SMILES string of the molecule is CCCNc1nccn1-c1cccc(Br)c1C. The average Bonchev–Trinajstić information content (AvgIpc) is 2.78. The van der Waals surface area contributed by atoms with E-state index in [1.54, 1.807) is 0 Å². The van der Waals surface area contributed by atoms with E-state index in [0.29, 0.717) is 0 Å². The molecule has 0 saturated heterocycles. The van der Waals surface area contributed by atoms with Crippen LogP contribution in [0.1, 0.15) is 18.9 Å². The highest BCUT2D eigenvalue weighted by atomic mass is 79.9. The smallest absolute Gasteiger partial charge is 0.207 e. The Labute approximate surface area is 110 Å². The van der Waals surface area contributed by atoms with E-state index in [4.69, 9.17) is 0 Å². The molecule has 0 bridgehead atoms. The van der Waals surface area contributed by atoms with E-state index >= 15 is 0 Å². The number of rotatable bonds is 4. The Balaban J connectivity index is 2.39. The summed E-state index contributed by atoms with van der Waals surface area (Å²) in [6.45, 7) is 5.18. The topological polar surface area (TPSA) is 29.9 Å². The molecule has 0 saturated carbocycles. The van der Waals surface area contributed by atoms with Crippen LogP contribution >= 0.6 is 15.9 Å². The molecule has 4 heteroatoms. The van der Waals surface area contributed by atoms with Crippen LogP contribution in [0.15, 0.2) is 35.1 Å². The Bertz CT molecular complexity index is 505. The molecule has 2 aromatic rings. The molecule has 0 spiro atoms. The van der Waals surface area contributed by atoms with Crippen molar-refractivity contribution in [2.45, 2.75) is 20.3 Å². The molecule has 0 radical (unpaired) electrons. The van der Waals surface area contributed by atoms with E-state index in [9.17, 15) is 0 Å². The Morgan fingerprint density at radius 1 is 1.41 bits per heavy atom. The van der Waals surface area contributed by atoms with Crippen molar-refractivity contribution < 1.29 is 0 Å². The number of aromatic nitrogens is 2. The molecule has 1 N–H and O–H groups in total. The standard InChI is InChI=1S/C13H16BrN3/c1-3-7-15-13-16-8-9-17(13)12-6-4-5-11(14)10(12)2/h4-6,8-9H,3,7H2,1-2H3,(H,15,16). The van der Waals surface area contributed by atoms with Crippen molar-refractivity contribution in [1.29, 1.82) is 0 Å². The van der Waals surface area contributed by atoms with Gasteiger partial charge in [0.1, 0.15) is 0 Å². The third-order valence-electron chi connectivity index (χ3n) is 2.67. The molecule has 0 fully saturated rings. The molecule has 0 aliphatic rings. The second kappa shape index (κ2) is 5.36. The number of hydrogen-bond donors (Lipinski definition) is 1. The maximum absolute atomic E-state index is 4.34. The van der Waals surface area contributed by atoms with Gasteiger partial charge in [-0.1, -0.05) is 28.9 Å². The fraction of sp³-hybridized carbons (Fsp3) is 0.308. The van der Waals surface area contributed by atoms with Crippen molar-refractivity contribution in [3.63, 3.8) is 0 Å². The van der Waals surface area contributed by atoms with Gasteiger partial charge in [-0.15, -0.1) is 0 Å². The zero-order valence-corrected chi connectivity index (χ0v) is 11.7. The minimum Gasteiger partial charge on any atom is -0.355 e. The lowest BCUT2D eigenvalue weighted by Gasteiger charge is -2.12. The van der Waals surface area contributed by atoms with Gasteiger partial charge in [-0.25, -0.2) is 4.98 Å². The minimum atomic E-state index is 0.896. The summed E-state index contributed by atoms with van der Waals surface area (Å²) < 4.78 is 3.19. The van der Waals surface area contributed by atoms with Gasteiger partial charge in [0.05, 0.1) is 5.69 Å². The summed E-state index contributed by atoms with van der Waals surface area (Å²) in [6, 6.07) is 6.18. The van der Waals surface area contributed by atoms with Crippen LogP contribution in [0.3, 0.4) is 0 Å². The van der Waals surface area contributed by atoms with Crippen LogP contribution in [-0.4, -0.2) is 16.1 Å². The molecule has 2 rings (SSSR count). The molecule has 1 aromatic carbocycles. The van der Waals surface area contributed by atoms with Gasteiger partial charge >= 0.3 is 0 Å². The van der Waals surface area contributed by atoms with Crippen molar-refractivity contribution in [2.75, 3.05) is 11.9 Å². The lowest BCUT2D eigenvalue weighted by molar-refractivity contribution is 0.934. The molecule has 0 amide bonds. The fourth-order valence-electron chi connectivity index (χ4n) is 1.72. The number of nitrogens with zero attached hydrogens (tertiary/aromatic N) is 2. The van der Waals surface area contributed by atoms with Gasteiger partial charge in [0.15, 0.2) is 0 Å². The quantitative estimate of drug-likeness (QED) is 0.930. The largest absolute Gasteiger partial charge is 0.355 e. The first-order chi connectivity index (χ1) is 8.24. The first-order valence-electron chi connectivity index (χ1n) is 5.76. The molecule has 1 aromatic heterocycles. The Kier molecular flexibility index (Phi) is 3.84. The van der Waals surface area contributed by atoms with Crippen LogP contribution in [0.5, 0.6) is 0 Å². The maximum atomic E-state index is 4.34. The summed E-state index contributed by atoms with van der Waals surface area (Å²) in [5.74, 6) is 0.896. The third-order valence-corrected chi connectivity index (χ3v) is 3.53. The highest BCUT2D eigenvalue weighted by molar-refractivity contribution is 9.10. The molecule has 17 heavy (non-hydrogen) atoms. The number of nitrogens with one attached hydrogen (secondary N) is 1. The first kappa shape index (κ1) is 12.2. The van der Waals surface area contributed by atoms with Crippen molar-refractivity contribution in [2.24, 2.45) is 0 Å². The normalized spacial score (nSPS) is 10.5. The Morgan fingerprint density at radius 2 is 2.24 bits per heavy atom. The molecule has 1 heterocycles. The van der Waals surface area contributed by atoms with Crippen molar-refractivity contribution in [3.8, 4) is 5.69 Å². The highest BCUT2D eigenvalue weighted by Gasteiger charge is 2.08. The molecule has 0 aliphatic heterocycles. The summed E-state index contributed by atoms with van der Waals surface area (Å²) in [5, 5.41) is 3.32. The summed E-state index contributed by atoms with van der Waals surface area (Å²) in [4.78, 5) is 4.34. The van der Waals surface area contributed by atoms with E-state index in [0.717, 1.165) is 29.1 Å². The van der Waals surface area contributed by atoms with Gasteiger partial charge in [-0.3, -0.25) is 4.57 Å².